The number of imide groups is 1. The van der Waals surface area contributed by atoms with Gasteiger partial charge in [0.05, 0.1) is 16.6 Å². The summed E-state index contributed by atoms with van der Waals surface area (Å²) in [5.74, 6) is -2.38. The van der Waals surface area contributed by atoms with Crippen molar-refractivity contribution in [1.29, 1.82) is 0 Å². The van der Waals surface area contributed by atoms with Crippen LogP contribution in [0.5, 0.6) is 5.75 Å². The highest BCUT2D eigenvalue weighted by molar-refractivity contribution is 8.00. The molecule has 44 heavy (non-hydrogen) atoms. The van der Waals surface area contributed by atoms with Crippen LogP contribution in [-0.4, -0.2) is 45.7 Å². The molecule has 12 heteroatoms. The zero-order valence-corrected chi connectivity index (χ0v) is 26.3. The molecule has 2 aliphatic heterocycles. The van der Waals surface area contributed by atoms with E-state index in [1.54, 1.807) is 36.4 Å². The number of aromatic nitrogens is 1. The van der Waals surface area contributed by atoms with E-state index in [0.29, 0.717) is 26.3 Å². The van der Waals surface area contributed by atoms with E-state index in [0.717, 1.165) is 35.7 Å². The number of nitrogens with one attached hydrogen (secondary N) is 1. The van der Waals surface area contributed by atoms with Gasteiger partial charge >= 0.3 is 4.87 Å². The summed E-state index contributed by atoms with van der Waals surface area (Å²) >= 11 is 8.25. The molecule has 0 aliphatic carbocycles. The number of carbonyl (C=O) groups excluding carboxylic acids is 3. The van der Waals surface area contributed by atoms with Gasteiger partial charge in [0.25, 0.3) is 0 Å². The van der Waals surface area contributed by atoms with Gasteiger partial charge in [-0.1, -0.05) is 46.8 Å². The topological polar surface area (TPSA) is 112 Å². The van der Waals surface area contributed by atoms with Crippen molar-refractivity contribution in [1.82, 2.24) is 4.57 Å². The lowest BCUT2D eigenvalue weighted by atomic mass is 9.83. The summed E-state index contributed by atoms with van der Waals surface area (Å²) < 4.78 is 1.39. The van der Waals surface area contributed by atoms with Gasteiger partial charge in [-0.2, -0.15) is 0 Å². The standard InChI is InChI=1S/C32H29ClN4O5S2/c1-3-35(4-2)21-11-5-18(6-12-21)25-26-27(30(41)37(29(26)40)22-13-7-19(33)8-14-22)43-31-28(25)44-32(42)36(31)17-24(39)34-20-9-15-23(38)16-10-20/h5-16,25-27,38H,3-4,17H2,1-2H3,(H,34,39)/t25-,26-,27+/m0/s1. The predicted molar refractivity (Wildman–Crippen MR) is 174 cm³/mol. The summed E-state index contributed by atoms with van der Waals surface area (Å²) in [6.45, 7) is 5.57. The summed E-state index contributed by atoms with van der Waals surface area (Å²) in [7, 11) is 0. The minimum absolute atomic E-state index is 0.0664. The molecule has 3 heterocycles. The van der Waals surface area contributed by atoms with Crippen molar-refractivity contribution in [3.05, 3.63) is 97.9 Å². The summed E-state index contributed by atoms with van der Waals surface area (Å²) in [5, 5.41) is 12.5. The molecular formula is C32H29ClN4O5S2. The first-order chi connectivity index (χ1) is 21.2. The quantitative estimate of drug-likeness (QED) is 0.190. The normalized spacial score (nSPS) is 19.1. The SMILES string of the molecule is CCN(CC)c1ccc([C@@H]2c3sc(=O)n(CC(=O)Nc4ccc(O)cc4)c3S[C@H]3C(=O)N(c4ccc(Cl)cc4)C(=O)[C@@H]23)cc1. The number of thioether (sulfide) groups is 1. The van der Waals surface area contributed by atoms with E-state index in [1.807, 2.05) is 24.3 Å². The van der Waals surface area contributed by atoms with Gasteiger partial charge < -0.3 is 15.3 Å². The van der Waals surface area contributed by atoms with Crippen LogP contribution in [0.3, 0.4) is 0 Å². The maximum absolute atomic E-state index is 14.1. The fraction of sp³-hybridized carbons (Fsp3) is 0.250. The molecule has 2 aliphatic rings. The number of phenols is 1. The third-order valence-electron chi connectivity index (χ3n) is 7.97. The number of rotatable bonds is 8. The van der Waals surface area contributed by atoms with Crippen LogP contribution in [0.15, 0.2) is 82.6 Å². The number of carbonyl (C=O) groups is 3. The molecule has 1 aromatic heterocycles. The van der Waals surface area contributed by atoms with Crippen molar-refractivity contribution in [2.45, 2.75) is 36.6 Å². The number of thiazole rings is 1. The van der Waals surface area contributed by atoms with Crippen molar-refractivity contribution in [2.75, 3.05) is 28.2 Å². The van der Waals surface area contributed by atoms with E-state index >= 15 is 0 Å². The second-order valence-electron chi connectivity index (χ2n) is 10.5. The van der Waals surface area contributed by atoms with Crippen LogP contribution in [0.4, 0.5) is 17.1 Å². The van der Waals surface area contributed by atoms with Crippen LogP contribution >= 0.6 is 34.7 Å². The zero-order valence-electron chi connectivity index (χ0n) is 23.9. The van der Waals surface area contributed by atoms with Gasteiger partial charge in [-0.15, -0.1) is 0 Å². The lowest BCUT2D eigenvalue weighted by molar-refractivity contribution is -0.122. The molecule has 0 radical (unpaired) electrons. The molecule has 226 valence electrons. The van der Waals surface area contributed by atoms with Crippen molar-refractivity contribution in [2.24, 2.45) is 5.92 Å². The smallest absolute Gasteiger partial charge is 0.308 e. The average Bonchev–Trinajstić information content (AvgIpc) is 3.46. The van der Waals surface area contributed by atoms with Crippen molar-refractivity contribution < 1.29 is 19.5 Å². The molecule has 0 unspecified atom stereocenters. The summed E-state index contributed by atoms with van der Waals surface area (Å²) in [4.78, 5) is 58.2. The zero-order chi connectivity index (χ0) is 31.1. The highest BCUT2D eigenvalue weighted by atomic mass is 35.5. The van der Waals surface area contributed by atoms with Gasteiger partial charge in [-0.25, -0.2) is 4.90 Å². The second-order valence-corrected chi connectivity index (χ2v) is 13.1. The fourth-order valence-electron chi connectivity index (χ4n) is 5.83. The van der Waals surface area contributed by atoms with Crippen LogP contribution in [0.1, 0.15) is 30.2 Å². The number of halogens is 1. The van der Waals surface area contributed by atoms with Crippen molar-refractivity contribution in [3.8, 4) is 5.75 Å². The summed E-state index contributed by atoms with van der Waals surface area (Å²) in [5.41, 5.74) is 2.76. The van der Waals surface area contributed by atoms with Gasteiger partial charge in [0.2, 0.25) is 17.7 Å². The van der Waals surface area contributed by atoms with E-state index in [2.05, 4.69) is 24.1 Å². The maximum Gasteiger partial charge on any atom is 0.308 e. The molecule has 2 N–H and O–H groups in total. The van der Waals surface area contributed by atoms with Crippen LogP contribution in [0.2, 0.25) is 5.02 Å². The van der Waals surface area contributed by atoms with Gasteiger partial charge in [0.1, 0.15) is 17.5 Å². The number of hydrogen-bond acceptors (Lipinski definition) is 8. The largest absolute Gasteiger partial charge is 0.508 e. The van der Waals surface area contributed by atoms with E-state index in [9.17, 15) is 24.3 Å². The van der Waals surface area contributed by atoms with Gasteiger partial charge in [-0.05, 0) is 80.1 Å². The van der Waals surface area contributed by atoms with Crippen LogP contribution in [-0.2, 0) is 20.9 Å². The Morgan fingerprint density at radius 1 is 0.932 bits per heavy atom. The van der Waals surface area contributed by atoms with Gasteiger partial charge in [-0.3, -0.25) is 23.7 Å². The monoisotopic (exact) mass is 648 g/mol. The van der Waals surface area contributed by atoms with Gasteiger partial charge in [0.15, 0.2) is 0 Å². The molecule has 3 amide bonds. The number of phenolic OH excluding ortho intramolecular Hbond substituents is 1. The second kappa shape index (κ2) is 12.1. The number of nitrogens with zero attached hydrogens (tertiary/aromatic N) is 3. The lowest BCUT2D eigenvalue weighted by Gasteiger charge is -2.31. The fourth-order valence-corrected chi connectivity index (χ4v) is 8.73. The Hall–Kier alpha value is -4.06. The van der Waals surface area contributed by atoms with Crippen molar-refractivity contribution >= 4 is 69.5 Å². The minimum Gasteiger partial charge on any atom is -0.508 e. The summed E-state index contributed by atoms with van der Waals surface area (Å²) in [6, 6.07) is 20.5. The number of amides is 3. The molecule has 0 saturated carbocycles. The number of benzene rings is 3. The first-order valence-corrected chi connectivity index (χ1v) is 16.2. The highest BCUT2D eigenvalue weighted by Gasteiger charge is 2.56. The van der Waals surface area contributed by atoms with E-state index < -0.39 is 23.0 Å². The molecule has 1 fully saturated rings. The van der Waals surface area contributed by atoms with E-state index in [4.69, 9.17) is 11.6 Å². The first kappa shape index (κ1) is 30.0. The Balaban J connectivity index is 1.41. The Morgan fingerprint density at radius 3 is 2.23 bits per heavy atom. The average molecular weight is 649 g/mol. The first-order valence-electron chi connectivity index (χ1n) is 14.2. The molecule has 0 bridgehead atoms. The third kappa shape index (κ3) is 5.40. The van der Waals surface area contributed by atoms with Crippen LogP contribution in [0, 0.1) is 5.92 Å². The number of hydrogen-bond donors (Lipinski definition) is 2. The van der Waals surface area contributed by atoms with E-state index in [1.165, 1.54) is 33.4 Å². The molecule has 9 nitrogen and oxygen atoms in total. The number of anilines is 3. The van der Waals surface area contributed by atoms with Crippen LogP contribution in [0.25, 0.3) is 0 Å². The lowest BCUT2D eigenvalue weighted by Crippen LogP contribution is -2.33. The Bertz CT molecular complexity index is 1780. The number of fused-ring (bicyclic) bond motifs is 2. The summed E-state index contributed by atoms with van der Waals surface area (Å²) in [6.07, 6.45) is 0. The molecule has 3 atom stereocenters. The molecule has 6 rings (SSSR count). The molecule has 0 spiro atoms. The maximum atomic E-state index is 14.1. The van der Waals surface area contributed by atoms with E-state index in [-0.39, 0.29) is 29.0 Å². The molecule has 4 aromatic rings. The Labute approximate surface area is 267 Å². The Morgan fingerprint density at radius 2 is 1.59 bits per heavy atom. The predicted octanol–water partition coefficient (Wildman–Crippen LogP) is 5.55. The van der Waals surface area contributed by atoms with Gasteiger partial charge in [0, 0.05) is 40.3 Å². The third-order valence-corrected chi connectivity index (χ3v) is 10.8. The number of aromatic hydroxyl groups is 1. The van der Waals surface area contributed by atoms with Crippen LogP contribution < -0.4 is 20.0 Å². The highest BCUT2D eigenvalue weighted by Crippen LogP contribution is 2.54. The Kier molecular flexibility index (Phi) is 8.28. The molecule has 1 saturated heterocycles. The molecular weight excluding hydrogens is 620 g/mol. The molecule has 3 aromatic carbocycles. The minimum atomic E-state index is -0.793. The van der Waals surface area contributed by atoms with Crippen molar-refractivity contribution in [3.63, 3.8) is 0 Å².